The minimum atomic E-state index is -3.28. The van der Waals surface area contributed by atoms with Crippen LogP contribution >= 0.6 is 11.8 Å². The molecular weight excluding hydrogens is 282 g/mol. The van der Waals surface area contributed by atoms with Crippen LogP contribution in [0.5, 0.6) is 0 Å². The Balaban J connectivity index is 2.07. The quantitative estimate of drug-likeness (QED) is 0.529. The summed E-state index contributed by atoms with van der Waals surface area (Å²) in [5.74, 6) is 1.09. The maximum atomic E-state index is 11.9. The Morgan fingerprint density at radius 3 is 2.58 bits per heavy atom. The summed E-state index contributed by atoms with van der Waals surface area (Å²) in [6.45, 7) is 2.01. The fourth-order valence-electron chi connectivity index (χ4n) is 1.70. The number of hydrogen-bond acceptors (Lipinski definition) is 4. The zero-order valence-electron chi connectivity index (χ0n) is 12.0. The molecule has 0 radical (unpaired) electrons. The van der Waals surface area contributed by atoms with Crippen LogP contribution in [0.15, 0.2) is 0 Å². The predicted molar refractivity (Wildman–Crippen MR) is 82.8 cm³/mol. The second kappa shape index (κ2) is 9.18. The van der Waals surface area contributed by atoms with Crippen molar-refractivity contribution >= 4 is 22.0 Å². The molecule has 0 aromatic heterocycles. The maximum absolute atomic E-state index is 11.9. The summed E-state index contributed by atoms with van der Waals surface area (Å²) in [6.07, 6.45) is 7.42. The molecule has 1 rings (SSSR count). The van der Waals surface area contributed by atoms with Crippen molar-refractivity contribution in [3.8, 4) is 0 Å². The number of nitrogens with zero attached hydrogens (tertiary/aromatic N) is 1. The van der Waals surface area contributed by atoms with E-state index in [9.17, 15) is 8.42 Å². The maximum Gasteiger partial charge on any atom is 0.279 e. The van der Waals surface area contributed by atoms with Gasteiger partial charge in [-0.3, -0.25) is 0 Å². The van der Waals surface area contributed by atoms with E-state index >= 15 is 0 Å². The molecular formula is C12H27N3O2S2. The average molecular weight is 310 g/mol. The van der Waals surface area contributed by atoms with Gasteiger partial charge in [0.25, 0.3) is 10.2 Å². The summed E-state index contributed by atoms with van der Waals surface area (Å²) in [6, 6.07) is 0.691. The normalized spacial score (nSPS) is 16.2. The van der Waals surface area contributed by atoms with Crippen LogP contribution in [-0.2, 0) is 10.2 Å². The molecule has 1 saturated carbocycles. The van der Waals surface area contributed by atoms with E-state index in [1.54, 1.807) is 18.8 Å². The molecule has 0 amide bonds. The number of nitrogens with one attached hydrogen (secondary N) is 2. The lowest BCUT2D eigenvalue weighted by atomic mass is 10.3. The first kappa shape index (κ1) is 17.2. The lowest BCUT2D eigenvalue weighted by Crippen LogP contribution is -2.39. The van der Waals surface area contributed by atoms with Gasteiger partial charge in [-0.25, -0.2) is 4.72 Å². The minimum absolute atomic E-state index is 0.535. The fraction of sp³-hybridized carbons (Fsp3) is 1.00. The van der Waals surface area contributed by atoms with Crippen LogP contribution in [0.25, 0.3) is 0 Å². The molecule has 5 nitrogen and oxygen atoms in total. The molecule has 19 heavy (non-hydrogen) atoms. The highest BCUT2D eigenvalue weighted by molar-refractivity contribution is 7.98. The van der Waals surface area contributed by atoms with E-state index in [4.69, 9.17) is 0 Å². The highest BCUT2D eigenvalue weighted by Crippen LogP contribution is 2.18. The summed E-state index contributed by atoms with van der Waals surface area (Å²) in [5, 5.41) is 3.39. The number of thioether (sulfide) groups is 1. The van der Waals surface area contributed by atoms with Crippen molar-refractivity contribution < 1.29 is 8.42 Å². The molecule has 1 aliphatic carbocycles. The van der Waals surface area contributed by atoms with Crippen molar-refractivity contribution in [1.29, 1.82) is 0 Å². The van der Waals surface area contributed by atoms with E-state index in [2.05, 4.69) is 16.3 Å². The lowest BCUT2D eigenvalue weighted by Gasteiger charge is -2.17. The Kier molecular flexibility index (Phi) is 8.32. The number of hydrogen-bond donors (Lipinski definition) is 2. The topological polar surface area (TPSA) is 61.4 Å². The second-order valence-corrected chi connectivity index (χ2v) is 7.85. The van der Waals surface area contributed by atoms with E-state index in [0.717, 1.165) is 31.6 Å². The Morgan fingerprint density at radius 2 is 1.95 bits per heavy atom. The summed E-state index contributed by atoms with van der Waals surface area (Å²) in [7, 11) is -1.64. The van der Waals surface area contributed by atoms with Crippen LogP contribution in [0.1, 0.15) is 32.1 Å². The Hall–Kier alpha value is 0.180. The van der Waals surface area contributed by atoms with Gasteiger partial charge in [0.2, 0.25) is 0 Å². The molecule has 0 heterocycles. The summed E-state index contributed by atoms with van der Waals surface area (Å²) in [4.78, 5) is 0. The Bertz CT molecular complexity index is 332. The van der Waals surface area contributed by atoms with Crippen molar-refractivity contribution in [1.82, 2.24) is 14.3 Å². The molecule has 0 aromatic carbocycles. The molecule has 0 bridgehead atoms. The predicted octanol–water partition coefficient (Wildman–Crippen LogP) is 1.04. The molecule has 0 unspecified atom stereocenters. The van der Waals surface area contributed by atoms with E-state index in [1.807, 2.05) is 0 Å². The third-order valence-electron chi connectivity index (χ3n) is 3.13. The van der Waals surface area contributed by atoms with Crippen LogP contribution in [0.4, 0.5) is 0 Å². The van der Waals surface area contributed by atoms with Gasteiger partial charge in [0, 0.05) is 26.2 Å². The zero-order valence-corrected chi connectivity index (χ0v) is 13.7. The van der Waals surface area contributed by atoms with E-state index in [1.165, 1.54) is 17.1 Å². The van der Waals surface area contributed by atoms with Crippen molar-refractivity contribution in [2.24, 2.45) is 0 Å². The van der Waals surface area contributed by atoms with Gasteiger partial charge in [0.1, 0.15) is 0 Å². The van der Waals surface area contributed by atoms with Crippen molar-refractivity contribution in [3.05, 3.63) is 0 Å². The minimum Gasteiger partial charge on any atom is -0.314 e. The fourth-order valence-corrected chi connectivity index (χ4v) is 3.18. The van der Waals surface area contributed by atoms with Gasteiger partial charge in [-0.15, -0.1) is 0 Å². The first-order valence-corrected chi connectivity index (χ1v) is 9.83. The van der Waals surface area contributed by atoms with Gasteiger partial charge >= 0.3 is 0 Å². The summed E-state index contributed by atoms with van der Waals surface area (Å²) < 4.78 is 27.8. The average Bonchev–Trinajstić information content (AvgIpc) is 3.18. The lowest BCUT2D eigenvalue weighted by molar-refractivity contribution is 0.443. The van der Waals surface area contributed by atoms with Gasteiger partial charge in [-0.1, -0.05) is 0 Å². The van der Waals surface area contributed by atoms with Crippen LogP contribution in [0.3, 0.4) is 0 Å². The second-order valence-electron chi connectivity index (χ2n) is 5.00. The van der Waals surface area contributed by atoms with Gasteiger partial charge < -0.3 is 5.32 Å². The van der Waals surface area contributed by atoms with E-state index in [-0.39, 0.29) is 0 Å². The van der Waals surface area contributed by atoms with Crippen LogP contribution in [0, 0.1) is 0 Å². The third-order valence-corrected chi connectivity index (χ3v) is 5.40. The van der Waals surface area contributed by atoms with Gasteiger partial charge in [0.15, 0.2) is 0 Å². The van der Waals surface area contributed by atoms with Gasteiger partial charge in [-0.2, -0.15) is 24.5 Å². The van der Waals surface area contributed by atoms with Crippen LogP contribution in [0.2, 0.25) is 0 Å². The molecule has 114 valence electrons. The largest absolute Gasteiger partial charge is 0.314 e. The molecule has 1 fully saturated rings. The molecule has 0 spiro atoms. The molecule has 2 N–H and O–H groups in total. The molecule has 1 aliphatic rings. The standard InChI is InChI=1S/C12H27N3O2S2/c1-15(10-5-8-13-12-6-7-12)19(16,17)14-9-3-4-11-18-2/h12-14H,3-11H2,1-2H3. The molecule has 0 aromatic rings. The van der Waals surface area contributed by atoms with Crippen molar-refractivity contribution in [3.63, 3.8) is 0 Å². The third kappa shape index (κ3) is 8.14. The van der Waals surface area contributed by atoms with Crippen molar-refractivity contribution in [2.45, 2.75) is 38.1 Å². The molecule has 0 aliphatic heterocycles. The van der Waals surface area contributed by atoms with Crippen LogP contribution in [-0.4, -0.2) is 57.5 Å². The molecule has 0 saturated heterocycles. The van der Waals surface area contributed by atoms with Crippen molar-refractivity contribution in [2.75, 3.05) is 38.7 Å². The number of rotatable bonds is 12. The summed E-state index contributed by atoms with van der Waals surface area (Å²) in [5.41, 5.74) is 0. The Morgan fingerprint density at radius 1 is 1.21 bits per heavy atom. The zero-order chi connectivity index (χ0) is 14.1. The molecule has 7 heteroatoms. The van der Waals surface area contributed by atoms with Gasteiger partial charge in [-0.05, 0) is 50.7 Å². The first-order chi connectivity index (χ1) is 9.06. The highest BCUT2D eigenvalue weighted by Gasteiger charge is 2.20. The first-order valence-electron chi connectivity index (χ1n) is 6.99. The Labute approximate surface area is 122 Å². The summed E-state index contributed by atoms with van der Waals surface area (Å²) >= 11 is 1.79. The number of unbranched alkanes of at least 4 members (excludes halogenated alkanes) is 1. The van der Waals surface area contributed by atoms with E-state index in [0.29, 0.717) is 19.1 Å². The molecule has 0 atom stereocenters. The van der Waals surface area contributed by atoms with Crippen LogP contribution < -0.4 is 10.0 Å². The van der Waals surface area contributed by atoms with E-state index < -0.39 is 10.2 Å². The SMILES string of the molecule is CSCCCCNS(=O)(=O)N(C)CCCNC1CC1. The monoisotopic (exact) mass is 309 g/mol. The van der Waals surface area contributed by atoms with Gasteiger partial charge in [0.05, 0.1) is 0 Å². The highest BCUT2D eigenvalue weighted by atomic mass is 32.2. The smallest absolute Gasteiger partial charge is 0.279 e.